The van der Waals surface area contributed by atoms with Gasteiger partial charge in [-0.3, -0.25) is 0 Å². The second-order valence-corrected chi connectivity index (χ2v) is 6.83. The molecule has 0 aliphatic carbocycles. The van der Waals surface area contributed by atoms with Gasteiger partial charge in [0.05, 0.1) is 5.69 Å². The Morgan fingerprint density at radius 2 is 1.74 bits per heavy atom. The third-order valence-electron chi connectivity index (χ3n) is 3.51. The molecule has 0 spiro atoms. The van der Waals surface area contributed by atoms with Gasteiger partial charge in [0.25, 0.3) is 0 Å². The summed E-state index contributed by atoms with van der Waals surface area (Å²) in [5.41, 5.74) is 3.98. The molecule has 0 aliphatic rings. The molecule has 0 bridgehead atoms. The van der Waals surface area contributed by atoms with Crippen LogP contribution in [0.15, 0.2) is 28.9 Å². The van der Waals surface area contributed by atoms with E-state index in [2.05, 4.69) is 70.5 Å². The largest absolute Gasteiger partial charge is 0.326 e. The average molecular weight is 321 g/mol. The molecule has 1 aromatic heterocycles. The zero-order valence-corrected chi connectivity index (χ0v) is 13.9. The van der Waals surface area contributed by atoms with Crippen LogP contribution in [0.25, 0.3) is 0 Å². The molecule has 1 aromatic carbocycles. The quantitative estimate of drug-likeness (QED) is 0.803. The Morgan fingerprint density at radius 3 is 2.16 bits per heavy atom. The molecule has 1 heterocycles. The highest BCUT2D eigenvalue weighted by molar-refractivity contribution is 9.10. The van der Waals surface area contributed by atoms with Gasteiger partial charge >= 0.3 is 0 Å². The maximum Gasteiger partial charge on any atom is 0.108 e. The van der Waals surface area contributed by atoms with Crippen LogP contribution < -0.4 is 0 Å². The van der Waals surface area contributed by atoms with Crippen molar-refractivity contribution < 1.29 is 0 Å². The number of hydrogen-bond acceptors (Lipinski definition) is 1. The first-order valence-corrected chi connectivity index (χ1v) is 7.35. The first-order chi connectivity index (χ1) is 8.79. The van der Waals surface area contributed by atoms with Crippen molar-refractivity contribution in [3.05, 3.63) is 51.5 Å². The number of nitrogens with zero attached hydrogens (tertiary/aromatic N) is 2. The highest BCUT2D eigenvalue weighted by atomic mass is 79.9. The number of imidazole rings is 1. The van der Waals surface area contributed by atoms with Crippen molar-refractivity contribution in [2.75, 3.05) is 0 Å². The Labute approximate surface area is 124 Å². The van der Waals surface area contributed by atoms with Gasteiger partial charge in [-0.15, -0.1) is 0 Å². The second-order valence-electron chi connectivity index (χ2n) is 6.08. The Morgan fingerprint density at radius 1 is 1.16 bits per heavy atom. The Kier molecular flexibility index (Phi) is 3.86. The molecule has 0 unspecified atom stereocenters. The molecule has 0 radical (unpaired) electrons. The topological polar surface area (TPSA) is 17.8 Å². The Hall–Kier alpha value is -1.09. The molecule has 102 valence electrons. The number of aromatic nitrogens is 2. The minimum atomic E-state index is 0.209. The van der Waals surface area contributed by atoms with Gasteiger partial charge in [0, 0.05) is 13.5 Å². The maximum absolute atomic E-state index is 4.59. The zero-order chi connectivity index (χ0) is 14.2. The predicted octanol–water partition coefficient (Wildman–Crippen LogP) is 4.38. The molecule has 0 saturated heterocycles. The minimum absolute atomic E-state index is 0.209. The van der Waals surface area contributed by atoms with Crippen LogP contribution in [0.5, 0.6) is 0 Å². The van der Waals surface area contributed by atoms with E-state index >= 15 is 0 Å². The lowest BCUT2D eigenvalue weighted by Gasteiger charge is -2.19. The fourth-order valence-electron chi connectivity index (χ4n) is 2.08. The monoisotopic (exact) mass is 320 g/mol. The first kappa shape index (κ1) is 14.3. The van der Waals surface area contributed by atoms with E-state index in [9.17, 15) is 0 Å². The molecule has 0 amide bonds. The van der Waals surface area contributed by atoms with Gasteiger partial charge in [-0.1, -0.05) is 45.0 Å². The molecule has 2 nitrogen and oxygen atoms in total. The lowest BCUT2D eigenvalue weighted by Crippen LogP contribution is -2.10. The first-order valence-electron chi connectivity index (χ1n) is 6.56. The Balaban J connectivity index is 2.22. The number of halogens is 1. The van der Waals surface area contributed by atoms with Crippen molar-refractivity contribution in [1.29, 1.82) is 0 Å². The molecule has 0 saturated carbocycles. The van der Waals surface area contributed by atoms with Gasteiger partial charge in [-0.05, 0) is 39.4 Å². The van der Waals surface area contributed by atoms with Gasteiger partial charge in [-0.2, -0.15) is 0 Å². The molecule has 0 fully saturated rings. The third kappa shape index (κ3) is 3.08. The van der Waals surface area contributed by atoms with Crippen LogP contribution in [0.4, 0.5) is 0 Å². The van der Waals surface area contributed by atoms with Crippen molar-refractivity contribution in [1.82, 2.24) is 9.55 Å². The van der Waals surface area contributed by atoms with E-state index in [0.717, 1.165) is 22.5 Å². The van der Waals surface area contributed by atoms with Crippen molar-refractivity contribution in [3.8, 4) is 0 Å². The molecular weight excluding hydrogens is 300 g/mol. The summed E-state index contributed by atoms with van der Waals surface area (Å²) in [5, 5.41) is 0. The van der Waals surface area contributed by atoms with Crippen LogP contribution in [-0.4, -0.2) is 9.55 Å². The highest BCUT2D eigenvalue weighted by Crippen LogP contribution is 2.24. The standard InChI is InChI=1S/C16H21BrN2/c1-11-18-14(15(17)19(11)5)10-12-6-8-13(9-7-12)16(2,3)4/h6-9H,10H2,1-5H3. The van der Waals surface area contributed by atoms with Crippen molar-refractivity contribution >= 4 is 15.9 Å². The number of aryl methyl sites for hydroxylation is 1. The van der Waals surface area contributed by atoms with E-state index in [1.165, 1.54) is 11.1 Å². The lowest BCUT2D eigenvalue weighted by molar-refractivity contribution is 0.590. The highest BCUT2D eigenvalue weighted by Gasteiger charge is 2.14. The normalized spacial score (nSPS) is 11.9. The summed E-state index contributed by atoms with van der Waals surface area (Å²) in [6.07, 6.45) is 0.868. The average Bonchev–Trinajstić information content (AvgIpc) is 2.57. The summed E-state index contributed by atoms with van der Waals surface area (Å²) in [5.74, 6) is 1.04. The number of hydrogen-bond donors (Lipinski definition) is 0. The van der Waals surface area contributed by atoms with Crippen molar-refractivity contribution in [2.24, 2.45) is 7.05 Å². The summed E-state index contributed by atoms with van der Waals surface area (Å²) in [6.45, 7) is 8.74. The number of benzene rings is 1. The zero-order valence-electron chi connectivity index (χ0n) is 12.3. The Bertz CT molecular complexity index is 574. The third-order valence-corrected chi connectivity index (χ3v) is 4.50. The second kappa shape index (κ2) is 5.12. The molecule has 0 N–H and O–H groups in total. The summed E-state index contributed by atoms with van der Waals surface area (Å²) < 4.78 is 3.14. The molecule has 2 rings (SSSR count). The smallest absolute Gasteiger partial charge is 0.108 e. The van der Waals surface area contributed by atoms with Crippen LogP contribution in [-0.2, 0) is 18.9 Å². The van der Waals surface area contributed by atoms with Gasteiger partial charge in [0.15, 0.2) is 0 Å². The van der Waals surface area contributed by atoms with Crippen LogP contribution in [0, 0.1) is 6.92 Å². The molecule has 19 heavy (non-hydrogen) atoms. The predicted molar refractivity (Wildman–Crippen MR) is 83.6 cm³/mol. The molecule has 0 atom stereocenters. The van der Waals surface area contributed by atoms with Gasteiger partial charge in [-0.25, -0.2) is 4.98 Å². The number of rotatable bonds is 2. The molecule has 2 aromatic rings. The van der Waals surface area contributed by atoms with Crippen molar-refractivity contribution in [3.63, 3.8) is 0 Å². The van der Waals surface area contributed by atoms with Crippen LogP contribution >= 0.6 is 15.9 Å². The fourth-order valence-corrected chi connectivity index (χ4v) is 2.57. The van der Waals surface area contributed by atoms with Crippen LogP contribution in [0.2, 0.25) is 0 Å². The van der Waals surface area contributed by atoms with Gasteiger partial charge in [0.2, 0.25) is 0 Å². The summed E-state index contributed by atoms with van der Waals surface area (Å²) in [7, 11) is 2.03. The molecule has 3 heteroatoms. The van der Waals surface area contributed by atoms with E-state index in [1.807, 2.05) is 14.0 Å². The molecular formula is C16H21BrN2. The summed E-state index contributed by atoms with van der Waals surface area (Å²) >= 11 is 3.61. The van der Waals surface area contributed by atoms with Gasteiger partial charge in [0.1, 0.15) is 10.4 Å². The fraction of sp³-hybridized carbons (Fsp3) is 0.438. The van der Waals surface area contributed by atoms with E-state index in [4.69, 9.17) is 0 Å². The summed E-state index contributed by atoms with van der Waals surface area (Å²) in [4.78, 5) is 4.59. The SMILES string of the molecule is Cc1nc(Cc2ccc(C(C)(C)C)cc2)c(Br)n1C. The summed E-state index contributed by atoms with van der Waals surface area (Å²) in [6, 6.07) is 8.85. The maximum atomic E-state index is 4.59. The van der Waals surface area contributed by atoms with E-state index in [1.54, 1.807) is 0 Å². The van der Waals surface area contributed by atoms with E-state index in [-0.39, 0.29) is 5.41 Å². The van der Waals surface area contributed by atoms with Crippen LogP contribution in [0.1, 0.15) is 43.4 Å². The lowest BCUT2D eigenvalue weighted by atomic mass is 9.86. The van der Waals surface area contributed by atoms with Crippen molar-refractivity contribution in [2.45, 2.75) is 39.5 Å². The minimum Gasteiger partial charge on any atom is -0.326 e. The van der Waals surface area contributed by atoms with E-state index < -0.39 is 0 Å². The van der Waals surface area contributed by atoms with Gasteiger partial charge < -0.3 is 4.57 Å². The molecule has 0 aliphatic heterocycles. The van der Waals surface area contributed by atoms with Crippen LogP contribution in [0.3, 0.4) is 0 Å². The van der Waals surface area contributed by atoms with E-state index in [0.29, 0.717) is 0 Å².